The number of nitrogens with zero attached hydrogens (tertiary/aromatic N) is 2. The maximum Gasteiger partial charge on any atom is 0.149 e. The zero-order valence-corrected chi connectivity index (χ0v) is 16.4. The second kappa shape index (κ2) is 8.04. The molecule has 0 aliphatic heterocycles. The number of nitrogens with one attached hydrogen (secondary N) is 1. The van der Waals surface area contributed by atoms with Gasteiger partial charge in [0.1, 0.15) is 24.3 Å². The smallest absolute Gasteiger partial charge is 0.149 e. The van der Waals surface area contributed by atoms with Gasteiger partial charge in [-0.1, -0.05) is 48.0 Å². The van der Waals surface area contributed by atoms with E-state index in [2.05, 4.69) is 41.2 Å². The van der Waals surface area contributed by atoms with E-state index >= 15 is 0 Å². The molecule has 1 N–H and O–H groups in total. The lowest BCUT2D eigenvalue weighted by atomic mass is 10.1. The molecule has 3 aromatic carbocycles. The van der Waals surface area contributed by atoms with Gasteiger partial charge in [0.05, 0.1) is 16.6 Å². The highest BCUT2D eigenvalue weighted by molar-refractivity contribution is 5.90. The SMILES string of the molecule is Cc1cccc(COc2ccc(C=C(C#N)c3nc4ccc(C)cc4[nH]3)cc2)c1. The molecule has 0 fully saturated rings. The van der Waals surface area contributed by atoms with Crippen molar-refractivity contribution < 1.29 is 4.74 Å². The number of benzene rings is 3. The molecule has 1 heterocycles. The molecule has 29 heavy (non-hydrogen) atoms. The summed E-state index contributed by atoms with van der Waals surface area (Å²) in [4.78, 5) is 7.77. The number of fused-ring (bicyclic) bond motifs is 1. The predicted molar refractivity (Wildman–Crippen MR) is 116 cm³/mol. The average Bonchev–Trinajstić information content (AvgIpc) is 3.14. The largest absolute Gasteiger partial charge is 0.489 e. The molecule has 0 aliphatic carbocycles. The highest BCUT2D eigenvalue weighted by atomic mass is 16.5. The molecule has 0 saturated heterocycles. The molecule has 4 aromatic rings. The van der Waals surface area contributed by atoms with Crippen LogP contribution in [0.4, 0.5) is 0 Å². The van der Waals surface area contributed by atoms with Crippen LogP contribution in [-0.4, -0.2) is 9.97 Å². The van der Waals surface area contributed by atoms with Crippen LogP contribution in [0.5, 0.6) is 5.75 Å². The van der Waals surface area contributed by atoms with E-state index in [-0.39, 0.29) is 0 Å². The first-order valence-electron chi connectivity index (χ1n) is 9.48. The van der Waals surface area contributed by atoms with E-state index in [1.165, 1.54) is 5.56 Å². The van der Waals surface area contributed by atoms with Crippen LogP contribution in [0.2, 0.25) is 0 Å². The maximum absolute atomic E-state index is 9.60. The normalized spacial score (nSPS) is 11.4. The van der Waals surface area contributed by atoms with Gasteiger partial charge in [0.15, 0.2) is 0 Å². The summed E-state index contributed by atoms with van der Waals surface area (Å²) >= 11 is 0. The molecule has 0 unspecified atom stereocenters. The van der Waals surface area contributed by atoms with Gasteiger partial charge >= 0.3 is 0 Å². The molecule has 0 atom stereocenters. The molecule has 142 valence electrons. The molecular formula is C25H21N3O. The van der Waals surface area contributed by atoms with Gasteiger partial charge in [0, 0.05) is 0 Å². The van der Waals surface area contributed by atoms with E-state index in [4.69, 9.17) is 4.74 Å². The highest BCUT2D eigenvalue weighted by Crippen LogP contribution is 2.22. The third-order valence-corrected chi connectivity index (χ3v) is 4.69. The van der Waals surface area contributed by atoms with Gasteiger partial charge in [0.2, 0.25) is 0 Å². The molecule has 1 aromatic heterocycles. The number of H-pyrrole nitrogens is 1. The number of hydrogen-bond donors (Lipinski definition) is 1. The minimum Gasteiger partial charge on any atom is -0.489 e. The van der Waals surface area contributed by atoms with Crippen molar-refractivity contribution in [2.75, 3.05) is 0 Å². The Labute approximate surface area is 170 Å². The van der Waals surface area contributed by atoms with Crippen molar-refractivity contribution in [2.24, 2.45) is 0 Å². The minimum atomic E-state index is 0.493. The second-order valence-corrected chi connectivity index (χ2v) is 7.12. The molecule has 0 aliphatic rings. The van der Waals surface area contributed by atoms with E-state index < -0.39 is 0 Å². The number of ether oxygens (including phenoxy) is 1. The van der Waals surface area contributed by atoms with E-state index in [0.717, 1.165) is 33.5 Å². The number of imidazole rings is 1. The lowest BCUT2D eigenvalue weighted by Gasteiger charge is -2.07. The van der Waals surface area contributed by atoms with Crippen molar-refractivity contribution >= 4 is 22.7 Å². The lowest BCUT2D eigenvalue weighted by molar-refractivity contribution is 0.306. The summed E-state index contributed by atoms with van der Waals surface area (Å²) in [5.74, 6) is 1.37. The Morgan fingerprint density at radius 1 is 1.03 bits per heavy atom. The van der Waals surface area contributed by atoms with Gasteiger partial charge in [-0.2, -0.15) is 5.26 Å². The molecular weight excluding hydrogens is 358 g/mol. The van der Waals surface area contributed by atoms with Crippen LogP contribution < -0.4 is 4.74 Å². The van der Waals surface area contributed by atoms with Crippen LogP contribution in [-0.2, 0) is 6.61 Å². The molecule has 0 radical (unpaired) electrons. The fraction of sp³-hybridized carbons (Fsp3) is 0.120. The Balaban J connectivity index is 1.51. The number of aryl methyl sites for hydroxylation is 2. The van der Waals surface area contributed by atoms with Crippen LogP contribution in [0.25, 0.3) is 22.7 Å². The van der Waals surface area contributed by atoms with Crippen LogP contribution in [0, 0.1) is 25.2 Å². The minimum absolute atomic E-state index is 0.493. The Morgan fingerprint density at radius 3 is 2.59 bits per heavy atom. The van der Waals surface area contributed by atoms with Gasteiger partial charge in [-0.05, 0) is 60.9 Å². The number of aromatic amines is 1. The van der Waals surface area contributed by atoms with E-state index in [0.29, 0.717) is 18.0 Å². The lowest BCUT2D eigenvalue weighted by Crippen LogP contribution is -1.95. The highest BCUT2D eigenvalue weighted by Gasteiger charge is 2.08. The molecule has 4 nitrogen and oxygen atoms in total. The van der Waals surface area contributed by atoms with E-state index in [1.54, 1.807) is 0 Å². The molecule has 0 spiro atoms. The summed E-state index contributed by atoms with van der Waals surface area (Å²) < 4.78 is 5.86. The summed E-state index contributed by atoms with van der Waals surface area (Å²) in [5.41, 5.74) is 6.70. The maximum atomic E-state index is 9.60. The van der Waals surface area contributed by atoms with Gasteiger partial charge in [-0.3, -0.25) is 0 Å². The van der Waals surface area contributed by atoms with Crippen LogP contribution in [0.15, 0.2) is 66.7 Å². The third kappa shape index (κ3) is 4.36. The zero-order chi connectivity index (χ0) is 20.2. The van der Waals surface area contributed by atoms with Crippen LogP contribution in [0.1, 0.15) is 28.1 Å². The van der Waals surface area contributed by atoms with Crippen molar-refractivity contribution in [3.05, 3.63) is 94.8 Å². The summed E-state index contributed by atoms with van der Waals surface area (Å²) in [6.45, 7) is 4.63. The average molecular weight is 379 g/mol. The summed E-state index contributed by atoms with van der Waals surface area (Å²) in [5, 5.41) is 9.60. The Kier molecular flexibility index (Phi) is 5.13. The number of hydrogen-bond acceptors (Lipinski definition) is 3. The Bertz CT molecular complexity index is 1230. The van der Waals surface area contributed by atoms with E-state index in [1.807, 2.05) is 61.5 Å². The Morgan fingerprint density at radius 2 is 1.83 bits per heavy atom. The number of rotatable bonds is 5. The molecule has 0 amide bonds. The first kappa shape index (κ1) is 18.5. The van der Waals surface area contributed by atoms with Crippen molar-refractivity contribution in [1.29, 1.82) is 5.26 Å². The molecule has 0 saturated carbocycles. The van der Waals surface area contributed by atoms with Crippen molar-refractivity contribution in [1.82, 2.24) is 9.97 Å². The Hall–Kier alpha value is -3.84. The van der Waals surface area contributed by atoms with Gasteiger partial charge in [0.25, 0.3) is 0 Å². The third-order valence-electron chi connectivity index (χ3n) is 4.69. The summed E-state index contributed by atoms with van der Waals surface area (Å²) in [6, 6.07) is 24.2. The number of aromatic nitrogens is 2. The zero-order valence-electron chi connectivity index (χ0n) is 16.4. The number of nitriles is 1. The van der Waals surface area contributed by atoms with Crippen LogP contribution in [0.3, 0.4) is 0 Å². The predicted octanol–water partition coefficient (Wildman–Crippen LogP) is 5.82. The molecule has 4 rings (SSSR count). The molecule has 4 heteroatoms. The quantitative estimate of drug-likeness (QED) is 0.444. The van der Waals surface area contributed by atoms with Gasteiger partial charge in [-0.15, -0.1) is 0 Å². The van der Waals surface area contributed by atoms with Crippen molar-refractivity contribution in [3.8, 4) is 11.8 Å². The summed E-state index contributed by atoms with van der Waals surface area (Å²) in [6.07, 6.45) is 1.83. The summed E-state index contributed by atoms with van der Waals surface area (Å²) in [7, 11) is 0. The van der Waals surface area contributed by atoms with Crippen LogP contribution >= 0.6 is 0 Å². The standard InChI is InChI=1S/C25H21N3O/c1-17-4-3-5-20(12-17)16-29-22-9-7-19(8-10-22)14-21(15-26)25-27-23-11-6-18(2)13-24(23)28-25/h3-14H,16H2,1-2H3,(H,27,28). The van der Waals surface area contributed by atoms with Crippen molar-refractivity contribution in [3.63, 3.8) is 0 Å². The first-order chi connectivity index (χ1) is 14.1. The van der Waals surface area contributed by atoms with E-state index in [9.17, 15) is 5.26 Å². The monoisotopic (exact) mass is 379 g/mol. The second-order valence-electron chi connectivity index (χ2n) is 7.12. The van der Waals surface area contributed by atoms with Crippen molar-refractivity contribution in [2.45, 2.75) is 20.5 Å². The van der Waals surface area contributed by atoms with Gasteiger partial charge < -0.3 is 9.72 Å². The topological polar surface area (TPSA) is 61.7 Å². The molecule has 0 bridgehead atoms. The fourth-order valence-corrected chi connectivity index (χ4v) is 3.20. The first-order valence-corrected chi connectivity index (χ1v) is 9.48. The number of allylic oxidation sites excluding steroid dienone is 1. The fourth-order valence-electron chi connectivity index (χ4n) is 3.20. The van der Waals surface area contributed by atoms with Gasteiger partial charge in [-0.25, -0.2) is 4.98 Å².